The number of benzene rings is 1. The molecule has 1 aromatic carbocycles. The third-order valence-electron chi connectivity index (χ3n) is 2.74. The van der Waals surface area contributed by atoms with E-state index in [0.717, 1.165) is 12.0 Å². The van der Waals surface area contributed by atoms with Crippen LogP contribution in [0, 0.1) is 17.0 Å². The highest BCUT2D eigenvalue weighted by molar-refractivity contribution is 6.28. The number of aromatic nitrogens is 2. The van der Waals surface area contributed by atoms with Crippen molar-refractivity contribution < 1.29 is 9.66 Å². The zero-order valence-electron chi connectivity index (χ0n) is 11.0. The Labute approximate surface area is 120 Å². The number of para-hydroxylation sites is 1. The Balaban J connectivity index is 2.50. The summed E-state index contributed by atoms with van der Waals surface area (Å²) in [6, 6.07) is 7.28. The van der Waals surface area contributed by atoms with Crippen molar-refractivity contribution in [2.24, 2.45) is 0 Å². The maximum atomic E-state index is 11.1. The van der Waals surface area contributed by atoms with E-state index in [9.17, 15) is 10.1 Å². The Hall–Kier alpha value is -2.21. The van der Waals surface area contributed by atoms with E-state index in [1.165, 1.54) is 6.92 Å². The van der Waals surface area contributed by atoms with Gasteiger partial charge in [0.25, 0.3) is 0 Å². The largest absolute Gasteiger partial charge is 0.433 e. The van der Waals surface area contributed by atoms with Gasteiger partial charge >= 0.3 is 11.6 Å². The topological polar surface area (TPSA) is 78.2 Å². The van der Waals surface area contributed by atoms with Crippen LogP contribution >= 0.6 is 11.6 Å². The number of hydrogen-bond acceptors (Lipinski definition) is 5. The van der Waals surface area contributed by atoms with E-state index in [1.54, 1.807) is 12.1 Å². The van der Waals surface area contributed by atoms with Crippen molar-refractivity contribution in [3.05, 3.63) is 50.9 Å². The molecule has 0 radical (unpaired) electrons. The van der Waals surface area contributed by atoms with Crippen LogP contribution in [0.15, 0.2) is 24.3 Å². The van der Waals surface area contributed by atoms with Crippen molar-refractivity contribution >= 4 is 17.3 Å². The zero-order chi connectivity index (χ0) is 14.7. The minimum atomic E-state index is -0.574. The van der Waals surface area contributed by atoms with Gasteiger partial charge in [-0.05, 0) is 36.6 Å². The summed E-state index contributed by atoms with van der Waals surface area (Å²) in [6.07, 6.45) is 0.738. The molecule has 0 N–H and O–H groups in total. The summed E-state index contributed by atoms with van der Waals surface area (Å²) in [6.45, 7) is 3.46. The molecule has 104 valence electrons. The highest BCUT2D eigenvalue weighted by atomic mass is 35.5. The van der Waals surface area contributed by atoms with Crippen molar-refractivity contribution in [3.63, 3.8) is 0 Å². The van der Waals surface area contributed by atoms with Crippen LogP contribution < -0.4 is 4.74 Å². The number of nitrogens with zero attached hydrogens (tertiary/aromatic N) is 3. The van der Waals surface area contributed by atoms with Crippen LogP contribution in [-0.2, 0) is 6.42 Å². The Morgan fingerprint density at radius 1 is 1.35 bits per heavy atom. The van der Waals surface area contributed by atoms with Gasteiger partial charge in [0, 0.05) is 0 Å². The predicted molar refractivity (Wildman–Crippen MR) is 74.3 cm³/mol. The maximum absolute atomic E-state index is 11.1. The van der Waals surface area contributed by atoms with E-state index in [0.29, 0.717) is 5.75 Å². The van der Waals surface area contributed by atoms with Crippen molar-refractivity contribution in [1.29, 1.82) is 0 Å². The van der Waals surface area contributed by atoms with Gasteiger partial charge in [-0.2, -0.15) is 4.98 Å². The Bertz CT molecular complexity index is 661. The first kappa shape index (κ1) is 14.2. The second-order valence-electron chi connectivity index (χ2n) is 4.05. The monoisotopic (exact) mass is 293 g/mol. The lowest BCUT2D eigenvalue weighted by atomic mass is 10.1. The van der Waals surface area contributed by atoms with E-state index in [1.807, 2.05) is 19.1 Å². The second-order valence-corrected chi connectivity index (χ2v) is 4.39. The average Bonchev–Trinajstić information content (AvgIpc) is 2.38. The molecule has 0 aliphatic heterocycles. The molecule has 0 amide bonds. The fourth-order valence-corrected chi connectivity index (χ4v) is 1.99. The third-order valence-corrected chi connectivity index (χ3v) is 2.91. The molecule has 0 bridgehead atoms. The molecule has 2 aromatic rings. The summed E-state index contributed by atoms with van der Waals surface area (Å²) in [5.74, 6) is 0.376. The number of ether oxygens (including phenoxy) is 1. The molecule has 20 heavy (non-hydrogen) atoms. The number of halogens is 1. The first-order chi connectivity index (χ1) is 9.52. The summed E-state index contributed by atoms with van der Waals surface area (Å²) in [7, 11) is 0. The normalized spacial score (nSPS) is 10.3. The molecule has 6 nitrogen and oxygen atoms in total. The van der Waals surface area contributed by atoms with Crippen LogP contribution in [0.2, 0.25) is 5.28 Å². The molecule has 0 saturated carbocycles. The standard InChI is InChI=1S/C13H12ClN3O3/c1-3-9-6-4-5-7-10(9)20-12-11(17(18)19)8(2)15-13(14)16-12/h4-7H,3H2,1-2H3. The van der Waals surface area contributed by atoms with Crippen molar-refractivity contribution in [1.82, 2.24) is 9.97 Å². The van der Waals surface area contributed by atoms with Gasteiger partial charge in [-0.3, -0.25) is 10.1 Å². The second kappa shape index (κ2) is 5.83. The quantitative estimate of drug-likeness (QED) is 0.488. The highest BCUT2D eigenvalue weighted by Gasteiger charge is 2.24. The lowest BCUT2D eigenvalue weighted by molar-refractivity contribution is -0.386. The first-order valence-corrected chi connectivity index (χ1v) is 6.35. The van der Waals surface area contributed by atoms with Crippen LogP contribution in [0.25, 0.3) is 0 Å². The fraction of sp³-hybridized carbons (Fsp3) is 0.231. The fourth-order valence-electron chi connectivity index (χ4n) is 1.79. The molecule has 1 heterocycles. The number of rotatable bonds is 4. The lowest BCUT2D eigenvalue weighted by Gasteiger charge is -2.10. The first-order valence-electron chi connectivity index (χ1n) is 5.97. The predicted octanol–water partition coefficient (Wildman–Crippen LogP) is 3.70. The summed E-state index contributed by atoms with van der Waals surface area (Å²) in [5.41, 5.74) is 0.813. The molecule has 7 heteroatoms. The summed E-state index contributed by atoms with van der Waals surface area (Å²) in [5, 5.41) is 11.0. The van der Waals surface area contributed by atoms with Crippen molar-refractivity contribution in [3.8, 4) is 11.6 Å². The van der Waals surface area contributed by atoms with Crippen LogP contribution in [0.1, 0.15) is 18.2 Å². The molecule has 2 rings (SSSR count). The van der Waals surface area contributed by atoms with Gasteiger partial charge in [-0.25, -0.2) is 4.98 Å². The van der Waals surface area contributed by atoms with E-state index < -0.39 is 4.92 Å². The maximum Gasteiger partial charge on any atom is 0.352 e. The SMILES string of the molecule is CCc1ccccc1Oc1nc(Cl)nc(C)c1[N+](=O)[O-]. The number of hydrogen-bond donors (Lipinski definition) is 0. The molecule has 0 aliphatic carbocycles. The zero-order valence-corrected chi connectivity index (χ0v) is 11.7. The number of aryl methyl sites for hydroxylation is 2. The Kier molecular flexibility index (Phi) is 4.14. The van der Waals surface area contributed by atoms with Gasteiger partial charge in [0.2, 0.25) is 5.28 Å². The average molecular weight is 294 g/mol. The van der Waals surface area contributed by atoms with Crippen molar-refractivity contribution in [2.75, 3.05) is 0 Å². The molecule has 0 saturated heterocycles. The molecule has 0 unspecified atom stereocenters. The van der Waals surface area contributed by atoms with E-state index >= 15 is 0 Å². The van der Waals surface area contributed by atoms with Crippen LogP contribution in [0.5, 0.6) is 11.6 Å². The molecule has 0 fully saturated rings. The van der Waals surface area contributed by atoms with Gasteiger partial charge in [0.15, 0.2) is 0 Å². The van der Waals surface area contributed by atoms with Crippen LogP contribution in [0.4, 0.5) is 5.69 Å². The van der Waals surface area contributed by atoms with Gasteiger partial charge in [-0.15, -0.1) is 0 Å². The molecular weight excluding hydrogens is 282 g/mol. The molecule has 0 spiro atoms. The van der Waals surface area contributed by atoms with E-state index in [-0.39, 0.29) is 22.5 Å². The molecule has 0 atom stereocenters. The third kappa shape index (κ3) is 2.85. The summed E-state index contributed by atoms with van der Waals surface area (Å²) in [4.78, 5) is 18.1. The number of nitro groups is 1. The molecule has 1 aromatic heterocycles. The Morgan fingerprint density at radius 3 is 2.70 bits per heavy atom. The molecule has 0 aliphatic rings. The highest BCUT2D eigenvalue weighted by Crippen LogP contribution is 2.33. The smallest absolute Gasteiger partial charge is 0.352 e. The van der Waals surface area contributed by atoms with Crippen LogP contribution in [-0.4, -0.2) is 14.9 Å². The van der Waals surface area contributed by atoms with Crippen molar-refractivity contribution in [2.45, 2.75) is 20.3 Å². The van der Waals surface area contributed by atoms with E-state index in [4.69, 9.17) is 16.3 Å². The summed E-state index contributed by atoms with van der Waals surface area (Å²) < 4.78 is 5.58. The summed E-state index contributed by atoms with van der Waals surface area (Å²) >= 11 is 5.74. The van der Waals surface area contributed by atoms with Gasteiger partial charge in [0.1, 0.15) is 11.4 Å². The minimum Gasteiger partial charge on any atom is -0.433 e. The van der Waals surface area contributed by atoms with Gasteiger partial charge in [0.05, 0.1) is 4.92 Å². The van der Waals surface area contributed by atoms with E-state index in [2.05, 4.69) is 9.97 Å². The van der Waals surface area contributed by atoms with Crippen LogP contribution in [0.3, 0.4) is 0 Å². The van der Waals surface area contributed by atoms with Gasteiger partial charge < -0.3 is 4.74 Å². The molecular formula is C13H12ClN3O3. The lowest BCUT2D eigenvalue weighted by Crippen LogP contribution is -2.02. The Morgan fingerprint density at radius 2 is 2.05 bits per heavy atom. The minimum absolute atomic E-state index is 0.0860. The van der Waals surface area contributed by atoms with Gasteiger partial charge in [-0.1, -0.05) is 25.1 Å².